The van der Waals surface area contributed by atoms with Gasteiger partial charge in [-0.1, -0.05) is 79.0 Å². The van der Waals surface area contributed by atoms with Gasteiger partial charge in [-0.05, 0) is 48.2 Å². The third kappa shape index (κ3) is 6.16. The first-order valence-electron chi connectivity index (χ1n) is 9.01. The van der Waals surface area contributed by atoms with Crippen LogP contribution in [0, 0.1) is 0 Å². The first-order valence-corrected chi connectivity index (χ1v) is 9.81. The number of hydrogen-bond donors (Lipinski definition) is 0. The normalized spacial score (nSPS) is 11.1. The number of halogens is 1. The standard InChI is InChI=1S/C22H28BrN/c1-3-5-17-24(18-6-4-2)22-15-11-20(12-16-22)8-7-19-9-13-21(23)14-10-19/h7-16H,3-6,17-18H2,1-2H3/b8-7+. The van der Waals surface area contributed by atoms with E-state index in [9.17, 15) is 0 Å². The summed E-state index contributed by atoms with van der Waals surface area (Å²) in [7, 11) is 0. The molecule has 0 spiro atoms. The zero-order valence-corrected chi connectivity index (χ0v) is 16.4. The lowest BCUT2D eigenvalue weighted by atomic mass is 10.1. The van der Waals surface area contributed by atoms with Crippen LogP contribution in [0.3, 0.4) is 0 Å². The molecule has 2 rings (SSSR count). The molecule has 24 heavy (non-hydrogen) atoms. The van der Waals surface area contributed by atoms with Crippen molar-refractivity contribution >= 4 is 33.8 Å². The lowest BCUT2D eigenvalue weighted by Gasteiger charge is -2.24. The van der Waals surface area contributed by atoms with Gasteiger partial charge in [0.05, 0.1) is 0 Å². The summed E-state index contributed by atoms with van der Waals surface area (Å²) in [5.74, 6) is 0. The minimum atomic E-state index is 1.11. The molecule has 2 heteroatoms. The highest BCUT2D eigenvalue weighted by Crippen LogP contribution is 2.19. The molecule has 0 aliphatic heterocycles. The molecular weight excluding hydrogens is 358 g/mol. The molecule has 2 aromatic carbocycles. The minimum Gasteiger partial charge on any atom is -0.372 e. The minimum absolute atomic E-state index is 1.11. The van der Waals surface area contributed by atoms with E-state index in [2.05, 4.69) is 95.4 Å². The van der Waals surface area contributed by atoms with Gasteiger partial charge in [0.25, 0.3) is 0 Å². The van der Waals surface area contributed by atoms with Crippen LogP contribution in [-0.2, 0) is 0 Å². The van der Waals surface area contributed by atoms with Crippen molar-refractivity contribution in [2.45, 2.75) is 39.5 Å². The Labute approximate surface area is 155 Å². The van der Waals surface area contributed by atoms with Gasteiger partial charge in [0.15, 0.2) is 0 Å². The summed E-state index contributed by atoms with van der Waals surface area (Å²) in [6.07, 6.45) is 9.35. The molecule has 1 nitrogen and oxygen atoms in total. The van der Waals surface area contributed by atoms with Gasteiger partial charge in [0.1, 0.15) is 0 Å². The fourth-order valence-corrected chi connectivity index (χ4v) is 2.89. The van der Waals surface area contributed by atoms with Crippen molar-refractivity contribution in [1.82, 2.24) is 0 Å². The molecule has 0 fully saturated rings. The topological polar surface area (TPSA) is 3.24 Å². The maximum atomic E-state index is 3.47. The fraction of sp³-hybridized carbons (Fsp3) is 0.364. The second-order valence-corrected chi connectivity index (χ2v) is 7.09. The molecule has 0 amide bonds. The molecule has 0 aliphatic carbocycles. The molecule has 0 radical (unpaired) electrons. The quantitative estimate of drug-likeness (QED) is 0.418. The van der Waals surface area contributed by atoms with Gasteiger partial charge >= 0.3 is 0 Å². The van der Waals surface area contributed by atoms with Gasteiger partial charge in [-0.3, -0.25) is 0 Å². The number of hydrogen-bond acceptors (Lipinski definition) is 1. The molecule has 0 heterocycles. The molecule has 0 aliphatic rings. The molecule has 0 N–H and O–H groups in total. The third-order valence-electron chi connectivity index (χ3n) is 4.16. The Bertz CT molecular complexity index is 605. The van der Waals surface area contributed by atoms with Crippen LogP contribution in [0.2, 0.25) is 0 Å². The summed E-state index contributed by atoms with van der Waals surface area (Å²) in [5.41, 5.74) is 3.81. The van der Waals surface area contributed by atoms with Crippen LogP contribution in [0.25, 0.3) is 12.2 Å². The van der Waals surface area contributed by atoms with Crippen LogP contribution in [-0.4, -0.2) is 13.1 Å². The fourth-order valence-electron chi connectivity index (χ4n) is 2.63. The monoisotopic (exact) mass is 385 g/mol. The molecule has 2 aromatic rings. The smallest absolute Gasteiger partial charge is 0.0366 e. The molecule has 0 aromatic heterocycles. The van der Waals surface area contributed by atoms with Crippen molar-refractivity contribution in [3.63, 3.8) is 0 Å². The Hall–Kier alpha value is -1.54. The van der Waals surface area contributed by atoms with Gasteiger partial charge in [-0.15, -0.1) is 0 Å². The predicted octanol–water partition coefficient (Wildman–Crippen LogP) is 7.03. The highest BCUT2D eigenvalue weighted by molar-refractivity contribution is 9.10. The lowest BCUT2D eigenvalue weighted by molar-refractivity contribution is 0.678. The molecule has 0 saturated heterocycles. The Morgan fingerprint density at radius 1 is 0.750 bits per heavy atom. The van der Waals surface area contributed by atoms with E-state index in [4.69, 9.17) is 0 Å². The lowest BCUT2D eigenvalue weighted by Crippen LogP contribution is -2.25. The molecule has 0 bridgehead atoms. The summed E-state index contributed by atoms with van der Waals surface area (Å²) in [6, 6.07) is 17.3. The second-order valence-electron chi connectivity index (χ2n) is 6.17. The first-order chi connectivity index (χ1) is 11.7. The summed E-state index contributed by atoms with van der Waals surface area (Å²) in [4.78, 5) is 2.52. The van der Waals surface area contributed by atoms with Gasteiger partial charge < -0.3 is 4.90 Å². The number of nitrogens with zero attached hydrogens (tertiary/aromatic N) is 1. The third-order valence-corrected chi connectivity index (χ3v) is 4.69. The number of benzene rings is 2. The van der Waals surface area contributed by atoms with Crippen molar-refractivity contribution in [3.05, 3.63) is 64.1 Å². The van der Waals surface area contributed by atoms with Crippen molar-refractivity contribution in [1.29, 1.82) is 0 Å². The largest absolute Gasteiger partial charge is 0.372 e. The number of unbranched alkanes of at least 4 members (excludes halogenated alkanes) is 2. The average molecular weight is 386 g/mol. The van der Waals surface area contributed by atoms with Crippen molar-refractivity contribution in [2.75, 3.05) is 18.0 Å². The van der Waals surface area contributed by atoms with Gasteiger partial charge in [-0.25, -0.2) is 0 Å². The molecule has 0 atom stereocenters. The predicted molar refractivity (Wildman–Crippen MR) is 112 cm³/mol. The van der Waals surface area contributed by atoms with Crippen molar-refractivity contribution in [3.8, 4) is 0 Å². The Kier molecular flexibility index (Phi) is 8.11. The Morgan fingerprint density at radius 3 is 1.67 bits per heavy atom. The van der Waals surface area contributed by atoms with E-state index < -0.39 is 0 Å². The van der Waals surface area contributed by atoms with E-state index in [1.165, 1.54) is 42.5 Å². The summed E-state index contributed by atoms with van der Waals surface area (Å²) < 4.78 is 1.11. The van der Waals surface area contributed by atoms with Crippen LogP contribution in [0.1, 0.15) is 50.7 Å². The SMILES string of the molecule is CCCCN(CCCC)c1ccc(/C=C/c2ccc(Br)cc2)cc1. The van der Waals surface area contributed by atoms with Crippen molar-refractivity contribution < 1.29 is 0 Å². The average Bonchev–Trinajstić information content (AvgIpc) is 2.62. The van der Waals surface area contributed by atoms with E-state index in [1.54, 1.807) is 0 Å². The molecule has 0 unspecified atom stereocenters. The summed E-state index contributed by atoms with van der Waals surface area (Å²) >= 11 is 3.47. The maximum absolute atomic E-state index is 3.47. The highest BCUT2D eigenvalue weighted by atomic mass is 79.9. The van der Waals surface area contributed by atoms with Crippen LogP contribution in [0.15, 0.2) is 53.0 Å². The maximum Gasteiger partial charge on any atom is 0.0366 e. The molecule has 0 saturated carbocycles. The summed E-state index contributed by atoms with van der Waals surface area (Å²) in [5, 5.41) is 0. The Balaban J connectivity index is 2.03. The van der Waals surface area contributed by atoms with E-state index in [1.807, 2.05) is 0 Å². The van der Waals surface area contributed by atoms with Crippen LogP contribution < -0.4 is 4.90 Å². The van der Waals surface area contributed by atoms with Crippen molar-refractivity contribution in [2.24, 2.45) is 0 Å². The zero-order valence-electron chi connectivity index (χ0n) is 14.8. The van der Waals surface area contributed by atoms with E-state index in [0.29, 0.717) is 0 Å². The van der Waals surface area contributed by atoms with Gasteiger partial charge in [0.2, 0.25) is 0 Å². The second kappa shape index (κ2) is 10.4. The van der Waals surface area contributed by atoms with Crippen LogP contribution in [0.4, 0.5) is 5.69 Å². The van der Waals surface area contributed by atoms with Gasteiger partial charge in [-0.2, -0.15) is 0 Å². The number of anilines is 1. The molecule has 128 valence electrons. The zero-order chi connectivity index (χ0) is 17.2. The molecular formula is C22H28BrN. The Morgan fingerprint density at radius 2 is 1.21 bits per heavy atom. The first kappa shape index (κ1) is 18.8. The highest BCUT2D eigenvalue weighted by Gasteiger charge is 2.05. The van der Waals surface area contributed by atoms with E-state index in [0.717, 1.165) is 17.6 Å². The number of rotatable bonds is 9. The van der Waals surface area contributed by atoms with Crippen LogP contribution in [0.5, 0.6) is 0 Å². The summed E-state index contributed by atoms with van der Waals surface area (Å²) in [6.45, 7) is 6.83. The van der Waals surface area contributed by atoms with E-state index in [-0.39, 0.29) is 0 Å². The van der Waals surface area contributed by atoms with Gasteiger partial charge in [0, 0.05) is 23.2 Å². The van der Waals surface area contributed by atoms with E-state index >= 15 is 0 Å². The van der Waals surface area contributed by atoms with Crippen LogP contribution >= 0.6 is 15.9 Å².